The predicted octanol–water partition coefficient (Wildman–Crippen LogP) is 4.11. The zero-order valence-corrected chi connectivity index (χ0v) is 12.8. The second-order valence-electron chi connectivity index (χ2n) is 6.67. The van der Waals surface area contributed by atoms with Gasteiger partial charge in [0.25, 0.3) is 0 Å². The zero-order valence-electron chi connectivity index (χ0n) is 12.8. The van der Waals surface area contributed by atoms with Gasteiger partial charge in [-0.15, -0.1) is 0 Å². The first-order chi connectivity index (χ1) is 10.2. The number of rotatable bonds is 2. The van der Waals surface area contributed by atoms with E-state index in [0.29, 0.717) is 11.6 Å². The lowest BCUT2D eigenvalue weighted by molar-refractivity contribution is 0.0695. The Balaban J connectivity index is 1.90. The Morgan fingerprint density at radius 2 is 2.05 bits per heavy atom. The van der Waals surface area contributed by atoms with Gasteiger partial charge in [-0.25, -0.2) is 4.79 Å². The first-order valence-corrected chi connectivity index (χ1v) is 8.28. The highest BCUT2D eigenvalue weighted by atomic mass is 16.4. The predicted molar refractivity (Wildman–Crippen MR) is 85.1 cm³/mol. The van der Waals surface area contributed by atoms with Crippen LogP contribution in [0.25, 0.3) is 0 Å². The van der Waals surface area contributed by atoms with Crippen molar-refractivity contribution in [2.45, 2.75) is 57.9 Å². The minimum Gasteiger partial charge on any atom is -0.478 e. The quantitative estimate of drug-likeness (QED) is 0.832. The molecule has 0 aromatic heterocycles. The molecule has 1 heterocycles. The van der Waals surface area contributed by atoms with Crippen LogP contribution in [0.3, 0.4) is 0 Å². The van der Waals surface area contributed by atoms with Crippen molar-refractivity contribution in [1.29, 1.82) is 0 Å². The molecular formula is C18H25NO2. The van der Waals surface area contributed by atoms with E-state index in [1.165, 1.54) is 37.8 Å². The standard InChI is InChI=1S/C18H25NO2/c1-13-5-2-6-14(11-10-13)19-12-4-8-15-16(18(20)21)7-3-9-17(15)19/h3,7,9,13-14H,2,4-6,8,10-12H2,1H3,(H,20,21). The van der Waals surface area contributed by atoms with Crippen LogP contribution in [0, 0.1) is 5.92 Å². The van der Waals surface area contributed by atoms with E-state index in [1.54, 1.807) is 6.07 Å². The van der Waals surface area contributed by atoms with Gasteiger partial charge in [0.05, 0.1) is 5.56 Å². The van der Waals surface area contributed by atoms with Gasteiger partial charge in [-0.05, 0) is 55.7 Å². The molecule has 0 radical (unpaired) electrons. The molecule has 21 heavy (non-hydrogen) atoms. The maximum absolute atomic E-state index is 11.4. The molecule has 0 spiro atoms. The van der Waals surface area contributed by atoms with E-state index in [0.717, 1.165) is 30.9 Å². The molecule has 0 bridgehead atoms. The van der Waals surface area contributed by atoms with Crippen LogP contribution in [0.2, 0.25) is 0 Å². The van der Waals surface area contributed by atoms with Crippen LogP contribution in [0.5, 0.6) is 0 Å². The second kappa shape index (κ2) is 6.08. The molecular weight excluding hydrogens is 262 g/mol. The Morgan fingerprint density at radius 1 is 1.19 bits per heavy atom. The fraction of sp³-hybridized carbons (Fsp3) is 0.611. The first-order valence-electron chi connectivity index (χ1n) is 8.28. The third-order valence-corrected chi connectivity index (χ3v) is 5.18. The molecule has 0 saturated heterocycles. The lowest BCUT2D eigenvalue weighted by Crippen LogP contribution is -2.39. The maximum Gasteiger partial charge on any atom is 0.336 e. The van der Waals surface area contributed by atoms with Crippen molar-refractivity contribution in [2.24, 2.45) is 5.92 Å². The van der Waals surface area contributed by atoms with Gasteiger partial charge in [-0.1, -0.05) is 25.8 Å². The molecule has 1 saturated carbocycles. The highest BCUT2D eigenvalue weighted by Crippen LogP contribution is 2.35. The molecule has 2 unspecified atom stereocenters. The molecule has 1 aromatic carbocycles. The SMILES string of the molecule is CC1CCCC(N2CCCc3c(C(=O)O)cccc32)CC1. The molecule has 3 rings (SSSR count). The summed E-state index contributed by atoms with van der Waals surface area (Å²) < 4.78 is 0. The zero-order chi connectivity index (χ0) is 14.8. The Morgan fingerprint density at radius 3 is 2.86 bits per heavy atom. The third-order valence-electron chi connectivity index (χ3n) is 5.18. The topological polar surface area (TPSA) is 40.5 Å². The van der Waals surface area contributed by atoms with Gasteiger partial charge in [-0.2, -0.15) is 0 Å². The van der Waals surface area contributed by atoms with Crippen molar-refractivity contribution in [1.82, 2.24) is 0 Å². The van der Waals surface area contributed by atoms with Crippen LogP contribution >= 0.6 is 0 Å². The summed E-state index contributed by atoms with van der Waals surface area (Å²) in [4.78, 5) is 13.9. The van der Waals surface area contributed by atoms with Gasteiger partial charge in [-0.3, -0.25) is 0 Å². The molecule has 3 nitrogen and oxygen atoms in total. The maximum atomic E-state index is 11.4. The summed E-state index contributed by atoms with van der Waals surface area (Å²) in [7, 11) is 0. The van der Waals surface area contributed by atoms with Gasteiger partial charge in [0, 0.05) is 18.3 Å². The molecule has 1 N–H and O–H groups in total. The average Bonchev–Trinajstić information content (AvgIpc) is 2.70. The number of carboxylic acid groups (broad SMARTS) is 1. The fourth-order valence-electron chi connectivity index (χ4n) is 4.01. The summed E-state index contributed by atoms with van der Waals surface area (Å²) in [5, 5.41) is 9.40. The number of carbonyl (C=O) groups is 1. The normalized spacial score (nSPS) is 26.0. The Bertz CT molecular complexity index is 526. The third kappa shape index (κ3) is 2.92. The van der Waals surface area contributed by atoms with Gasteiger partial charge >= 0.3 is 5.97 Å². The summed E-state index contributed by atoms with van der Waals surface area (Å²) in [5.41, 5.74) is 2.73. The molecule has 3 heteroatoms. The van der Waals surface area contributed by atoms with Crippen molar-refractivity contribution in [3.05, 3.63) is 29.3 Å². The van der Waals surface area contributed by atoms with E-state index < -0.39 is 5.97 Å². The molecule has 114 valence electrons. The number of hydrogen-bond donors (Lipinski definition) is 1. The monoisotopic (exact) mass is 287 g/mol. The van der Waals surface area contributed by atoms with E-state index in [1.807, 2.05) is 6.07 Å². The molecule has 2 atom stereocenters. The van der Waals surface area contributed by atoms with Crippen molar-refractivity contribution >= 4 is 11.7 Å². The highest BCUT2D eigenvalue weighted by molar-refractivity contribution is 5.91. The smallest absolute Gasteiger partial charge is 0.336 e. The lowest BCUT2D eigenvalue weighted by Gasteiger charge is -2.38. The minimum atomic E-state index is -0.789. The lowest BCUT2D eigenvalue weighted by atomic mass is 9.93. The number of fused-ring (bicyclic) bond motifs is 1. The van der Waals surface area contributed by atoms with Gasteiger partial charge in [0.2, 0.25) is 0 Å². The number of hydrogen-bond acceptors (Lipinski definition) is 2. The molecule has 1 aromatic rings. The Kier molecular flexibility index (Phi) is 4.18. The summed E-state index contributed by atoms with van der Waals surface area (Å²) in [6.07, 6.45) is 8.41. The van der Waals surface area contributed by atoms with Crippen molar-refractivity contribution in [3.63, 3.8) is 0 Å². The first kappa shape index (κ1) is 14.4. The minimum absolute atomic E-state index is 0.499. The Labute approximate surface area is 127 Å². The second-order valence-corrected chi connectivity index (χ2v) is 6.67. The van der Waals surface area contributed by atoms with Gasteiger partial charge in [0.15, 0.2) is 0 Å². The molecule has 1 aliphatic carbocycles. The van der Waals surface area contributed by atoms with E-state index in [2.05, 4.69) is 17.9 Å². The number of benzene rings is 1. The fourth-order valence-corrected chi connectivity index (χ4v) is 4.01. The van der Waals surface area contributed by atoms with Crippen molar-refractivity contribution in [2.75, 3.05) is 11.4 Å². The van der Waals surface area contributed by atoms with Gasteiger partial charge in [0.1, 0.15) is 0 Å². The number of aromatic carboxylic acids is 1. The number of nitrogens with zero attached hydrogens (tertiary/aromatic N) is 1. The molecule has 2 aliphatic rings. The van der Waals surface area contributed by atoms with E-state index in [9.17, 15) is 9.90 Å². The van der Waals surface area contributed by atoms with E-state index >= 15 is 0 Å². The highest BCUT2D eigenvalue weighted by Gasteiger charge is 2.28. The van der Waals surface area contributed by atoms with Gasteiger partial charge < -0.3 is 10.0 Å². The average molecular weight is 287 g/mol. The van der Waals surface area contributed by atoms with Crippen LogP contribution in [0.1, 0.15) is 61.4 Å². The largest absolute Gasteiger partial charge is 0.478 e. The van der Waals surface area contributed by atoms with Crippen molar-refractivity contribution in [3.8, 4) is 0 Å². The van der Waals surface area contributed by atoms with Crippen LogP contribution < -0.4 is 4.90 Å². The van der Waals surface area contributed by atoms with Crippen LogP contribution in [0.15, 0.2) is 18.2 Å². The summed E-state index contributed by atoms with van der Waals surface area (Å²) in [6, 6.07) is 6.37. The number of carboxylic acids is 1. The molecule has 0 amide bonds. The summed E-state index contributed by atoms with van der Waals surface area (Å²) in [6.45, 7) is 3.43. The van der Waals surface area contributed by atoms with E-state index in [4.69, 9.17) is 0 Å². The van der Waals surface area contributed by atoms with Crippen molar-refractivity contribution < 1.29 is 9.90 Å². The van der Waals surface area contributed by atoms with E-state index in [-0.39, 0.29) is 0 Å². The number of anilines is 1. The molecule has 1 aliphatic heterocycles. The Hall–Kier alpha value is -1.51. The summed E-state index contributed by atoms with van der Waals surface area (Å²) >= 11 is 0. The molecule has 1 fully saturated rings. The van der Waals surface area contributed by atoms with Crippen LogP contribution in [-0.2, 0) is 6.42 Å². The summed E-state index contributed by atoms with van der Waals surface area (Å²) in [5.74, 6) is 0.0489. The van der Waals surface area contributed by atoms with Crippen LogP contribution in [-0.4, -0.2) is 23.7 Å². The van der Waals surface area contributed by atoms with Crippen LogP contribution in [0.4, 0.5) is 5.69 Å².